The minimum Gasteiger partial charge on any atom is -0.0620 e. The Morgan fingerprint density at radius 2 is 1.00 bits per heavy atom. The zero-order chi connectivity index (χ0) is 14.3. The van der Waals surface area contributed by atoms with Gasteiger partial charge in [0.05, 0.1) is 0 Å². The lowest BCUT2D eigenvalue weighted by molar-refractivity contribution is 0.561. The zero-order valence-electron chi connectivity index (χ0n) is 12.9. The van der Waals surface area contributed by atoms with E-state index in [0.29, 0.717) is 23.7 Å². The van der Waals surface area contributed by atoms with Gasteiger partial charge in [-0.25, -0.2) is 0 Å². The standard InChI is InChI=1S/C20H24/c1-13(2)20-18-11-7-5-9-16(18)14(3)15(4)17-10-6-8-12-19(17)20/h5-15,20H,1-4H3. The van der Waals surface area contributed by atoms with Crippen LogP contribution < -0.4 is 0 Å². The zero-order valence-corrected chi connectivity index (χ0v) is 12.9. The topological polar surface area (TPSA) is 0 Å². The van der Waals surface area contributed by atoms with Crippen LogP contribution in [0.1, 0.15) is 67.7 Å². The lowest BCUT2D eigenvalue weighted by atomic mass is 9.80. The van der Waals surface area contributed by atoms with Crippen LogP contribution in [0.25, 0.3) is 0 Å². The number of hydrogen-bond donors (Lipinski definition) is 0. The van der Waals surface area contributed by atoms with Crippen LogP contribution in [0.3, 0.4) is 0 Å². The first-order chi connectivity index (χ1) is 9.61. The second-order valence-electron chi connectivity index (χ2n) is 6.56. The van der Waals surface area contributed by atoms with Gasteiger partial charge in [-0.3, -0.25) is 0 Å². The highest BCUT2D eigenvalue weighted by Gasteiger charge is 2.31. The van der Waals surface area contributed by atoms with Gasteiger partial charge in [0, 0.05) is 5.92 Å². The van der Waals surface area contributed by atoms with Crippen LogP contribution >= 0.6 is 0 Å². The van der Waals surface area contributed by atoms with Crippen molar-refractivity contribution in [1.82, 2.24) is 0 Å². The van der Waals surface area contributed by atoms with Crippen molar-refractivity contribution in [3.8, 4) is 0 Å². The fourth-order valence-corrected chi connectivity index (χ4v) is 3.84. The molecule has 0 N–H and O–H groups in total. The third kappa shape index (κ3) is 1.98. The summed E-state index contributed by atoms with van der Waals surface area (Å²) in [5.41, 5.74) is 6.14. The van der Waals surface area contributed by atoms with Crippen LogP contribution in [0, 0.1) is 5.92 Å². The van der Waals surface area contributed by atoms with E-state index >= 15 is 0 Å². The van der Waals surface area contributed by atoms with Crippen molar-refractivity contribution in [2.75, 3.05) is 0 Å². The van der Waals surface area contributed by atoms with Crippen LogP contribution in [0.2, 0.25) is 0 Å². The number of hydrogen-bond acceptors (Lipinski definition) is 0. The third-order valence-corrected chi connectivity index (χ3v) is 5.06. The second kappa shape index (κ2) is 5.09. The molecule has 0 saturated carbocycles. The Morgan fingerprint density at radius 1 is 0.650 bits per heavy atom. The van der Waals surface area contributed by atoms with E-state index in [1.807, 2.05) is 0 Å². The van der Waals surface area contributed by atoms with Crippen LogP contribution in [-0.2, 0) is 0 Å². The van der Waals surface area contributed by atoms with Crippen LogP contribution in [-0.4, -0.2) is 0 Å². The van der Waals surface area contributed by atoms with E-state index in [-0.39, 0.29) is 0 Å². The van der Waals surface area contributed by atoms with E-state index in [4.69, 9.17) is 0 Å². The Morgan fingerprint density at radius 3 is 1.35 bits per heavy atom. The minimum atomic E-state index is 0.523. The maximum atomic E-state index is 2.38. The Labute approximate surface area is 122 Å². The van der Waals surface area contributed by atoms with Crippen LogP contribution in [0.4, 0.5) is 0 Å². The highest BCUT2D eigenvalue weighted by molar-refractivity contribution is 5.48. The first-order valence-electron chi connectivity index (χ1n) is 7.79. The van der Waals surface area contributed by atoms with Gasteiger partial charge in [-0.05, 0) is 40.0 Å². The highest BCUT2D eigenvalue weighted by atomic mass is 14.4. The van der Waals surface area contributed by atoms with Crippen molar-refractivity contribution in [2.24, 2.45) is 5.92 Å². The SMILES string of the molecule is CC(C)C1c2ccccc2C(C)C(C)c2ccccc21. The predicted molar refractivity (Wildman–Crippen MR) is 86.4 cm³/mol. The summed E-state index contributed by atoms with van der Waals surface area (Å²) < 4.78 is 0. The van der Waals surface area contributed by atoms with Gasteiger partial charge in [-0.2, -0.15) is 0 Å². The Hall–Kier alpha value is -1.56. The van der Waals surface area contributed by atoms with Gasteiger partial charge in [0.2, 0.25) is 0 Å². The van der Waals surface area contributed by atoms with Crippen molar-refractivity contribution in [2.45, 2.75) is 45.4 Å². The maximum absolute atomic E-state index is 2.38. The fraction of sp³-hybridized carbons (Fsp3) is 0.400. The summed E-state index contributed by atoms with van der Waals surface area (Å²) in [4.78, 5) is 0. The molecular formula is C20H24. The molecule has 0 saturated heterocycles. The summed E-state index contributed by atoms with van der Waals surface area (Å²) in [5, 5.41) is 0. The normalized spacial score (nSPS) is 24.9. The van der Waals surface area contributed by atoms with E-state index < -0.39 is 0 Å². The third-order valence-electron chi connectivity index (χ3n) is 5.06. The molecule has 2 unspecified atom stereocenters. The van der Waals surface area contributed by atoms with Gasteiger partial charge >= 0.3 is 0 Å². The summed E-state index contributed by atoms with van der Waals surface area (Å²) in [6, 6.07) is 18.1. The van der Waals surface area contributed by atoms with Crippen molar-refractivity contribution in [3.05, 3.63) is 70.8 Å². The minimum absolute atomic E-state index is 0.523. The Kier molecular flexibility index (Phi) is 3.41. The van der Waals surface area contributed by atoms with Gasteiger partial charge in [0.15, 0.2) is 0 Å². The summed E-state index contributed by atoms with van der Waals surface area (Å²) >= 11 is 0. The lowest BCUT2D eigenvalue weighted by Crippen LogP contribution is -2.10. The molecule has 0 radical (unpaired) electrons. The van der Waals surface area contributed by atoms with Crippen LogP contribution in [0.5, 0.6) is 0 Å². The van der Waals surface area contributed by atoms with Gasteiger partial charge in [-0.1, -0.05) is 76.2 Å². The molecule has 0 bridgehead atoms. The number of benzene rings is 2. The van der Waals surface area contributed by atoms with E-state index in [2.05, 4.69) is 76.2 Å². The molecule has 0 nitrogen and oxygen atoms in total. The highest BCUT2D eigenvalue weighted by Crippen LogP contribution is 2.47. The molecular weight excluding hydrogens is 240 g/mol. The molecule has 104 valence electrons. The number of rotatable bonds is 1. The molecule has 2 aromatic rings. The van der Waals surface area contributed by atoms with Crippen molar-refractivity contribution >= 4 is 0 Å². The predicted octanol–water partition coefficient (Wildman–Crippen LogP) is 5.70. The largest absolute Gasteiger partial charge is 0.0620 e. The van der Waals surface area contributed by atoms with Crippen molar-refractivity contribution in [3.63, 3.8) is 0 Å². The monoisotopic (exact) mass is 264 g/mol. The van der Waals surface area contributed by atoms with Gasteiger partial charge < -0.3 is 0 Å². The summed E-state index contributed by atoms with van der Waals surface area (Å²) in [5.74, 6) is 2.30. The van der Waals surface area contributed by atoms with Crippen molar-refractivity contribution < 1.29 is 0 Å². The molecule has 3 rings (SSSR count). The Balaban J connectivity index is 2.31. The van der Waals surface area contributed by atoms with Crippen LogP contribution in [0.15, 0.2) is 48.5 Å². The molecule has 0 fully saturated rings. The first-order valence-corrected chi connectivity index (χ1v) is 7.79. The lowest BCUT2D eigenvalue weighted by Gasteiger charge is -2.24. The molecule has 1 aliphatic rings. The van der Waals surface area contributed by atoms with E-state index in [1.165, 1.54) is 22.3 Å². The molecule has 2 aromatic carbocycles. The molecule has 0 aromatic heterocycles. The molecule has 20 heavy (non-hydrogen) atoms. The fourth-order valence-electron chi connectivity index (χ4n) is 3.84. The van der Waals surface area contributed by atoms with Gasteiger partial charge in [-0.15, -0.1) is 0 Å². The average molecular weight is 264 g/mol. The smallest absolute Gasteiger partial charge is 0.0118 e. The summed E-state index contributed by atoms with van der Waals surface area (Å²) in [6.07, 6.45) is 0. The van der Waals surface area contributed by atoms with E-state index in [0.717, 1.165) is 0 Å². The number of fused-ring (bicyclic) bond motifs is 2. The Bertz CT molecular complexity index is 557. The van der Waals surface area contributed by atoms with Crippen molar-refractivity contribution in [1.29, 1.82) is 0 Å². The summed E-state index contributed by atoms with van der Waals surface area (Å²) in [6.45, 7) is 9.45. The van der Waals surface area contributed by atoms with E-state index in [1.54, 1.807) is 0 Å². The summed E-state index contributed by atoms with van der Waals surface area (Å²) in [7, 11) is 0. The maximum Gasteiger partial charge on any atom is 0.0118 e. The average Bonchev–Trinajstić information content (AvgIpc) is 2.55. The molecule has 2 atom stereocenters. The van der Waals surface area contributed by atoms with E-state index in [9.17, 15) is 0 Å². The first kappa shape index (κ1) is 13.4. The van der Waals surface area contributed by atoms with Gasteiger partial charge in [0.25, 0.3) is 0 Å². The quantitative estimate of drug-likeness (QED) is 0.620. The molecule has 0 heterocycles. The molecule has 0 heteroatoms. The second-order valence-corrected chi connectivity index (χ2v) is 6.56. The van der Waals surface area contributed by atoms with Gasteiger partial charge in [0.1, 0.15) is 0 Å². The molecule has 1 aliphatic carbocycles. The molecule has 0 spiro atoms. The molecule has 0 aliphatic heterocycles. The molecule has 0 amide bonds.